The van der Waals surface area contributed by atoms with Crippen molar-refractivity contribution in [2.75, 3.05) is 13.1 Å². The van der Waals surface area contributed by atoms with Crippen LogP contribution in [0.4, 0.5) is 0 Å². The zero-order chi connectivity index (χ0) is 10.7. The van der Waals surface area contributed by atoms with Crippen LogP contribution in [0.2, 0.25) is 0 Å². The van der Waals surface area contributed by atoms with Crippen molar-refractivity contribution in [3.63, 3.8) is 0 Å². The number of aromatic nitrogens is 2. The van der Waals surface area contributed by atoms with Crippen molar-refractivity contribution in [1.29, 1.82) is 0 Å². The van der Waals surface area contributed by atoms with Crippen LogP contribution in [-0.4, -0.2) is 22.6 Å². The third kappa shape index (κ3) is 2.59. The van der Waals surface area contributed by atoms with Gasteiger partial charge in [-0.15, -0.1) is 0 Å². The Bertz CT molecular complexity index is 298. The van der Waals surface area contributed by atoms with Crippen LogP contribution in [0.1, 0.15) is 38.4 Å². The summed E-state index contributed by atoms with van der Waals surface area (Å²) in [5.41, 5.74) is 0. The molecule has 2 rings (SSSR count). The third-order valence-corrected chi connectivity index (χ3v) is 2.97. The van der Waals surface area contributed by atoms with Crippen molar-refractivity contribution in [2.24, 2.45) is 5.92 Å². The van der Waals surface area contributed by atoms with Crippen LogP contribution in [0.3, 0.4) is 0 Å². The van der Waals surface area contributed by atoms with Crippen molar-refractivity contribution in [3.8, 4) is 0 Å². The number of hydrogen-bond donors (Lipinski definition) is 1. The van der Waals surface area contributed by atoms with Crippen LogP contribution in [0, 0.1) is 5.92 Å². The minimum absolute atomic E-state index is 0.618. The van der Waals surface area contributed by atoms with Crippen LogP contribution in [-0.2, 0) is 6.54 Å². The van der Waals surface area contributed by atoms with Gasteiger partial charge in [0, 0.05) is 31.4 Å². The Hall–Kier alpha value is -0.830. The van der Waals surface area contributed by atoms with Crippen molar-refractivity contribution in [1.82, 2.24) is 14.9 Å². The van der Waals surface area contributed by atoms with Gasteiger partial charge in [0.05, 0.1) is 0 Å². The molecule has 1 N–H and O–H groups in total. The quantitative estimate of drug-likeness (QED) is 0.821. The van der Waals surface area contributed by atoms with Gasteiger partial charge >= 0.3 is 0 Å². The Morgan fingerprint density at radius 1 is 1.60 bits per heavy atom. The lowest BCUT2D eigenvalue weighted by atomic mass is 9.98. The predicted molar refractivity (Wildman–Crippen MR) is 61.9 cm³/mol. The lowest BCUT2D eigenvalue weighted by molar-refractivity contribution is 0.417. The molecule has 1 aliphatic rings. The summed E-state index contributed by atoms with van der Waals surface area (Å²) in [5, 5.41) is 3.45. The highest BCUT2D eigenvalue weighted by molar-refractivity contribution is 5.02. The van der Waals surface area contributed by atoms with Crippen LogP contribution in [0.5, 0.6) is 0 Å². The zero-order valence-corrected chi connectivity index (χ0v) is 9.74. The third-order valence-electron chi connectivity index (χ3n) is 2.97. The van der Waals surface area contributed by atoms with E-state index >= 15 is 0 Å². The first kappa shape index (κ1) is 10.7. The number of rotatable bonds is 3. The molecule has 0 spiro atoms. The van der Waals surface area contributed by atoms with Crippen molar-refractivity contribution >= 4 is 0 Å². The number of piperidine rings is 1. The number of nitrogens with one attached hydrogen (secondary N) is 1. The largest absolute Gasteiger partial charge is 0.334 e. The van der Waals surface area contributed by atoms with E-state index in [0.717, 1.165) is 13.1 Å². The van der Waals surface area contributed by atoms with Crippen molar-refractivity contribution in [3.05, 3.63) is 18.2 Å². The van der Waals surface area contributed by atoms with Gasteiger partial charge in [-0.1, -0.05) is 13.8 Å². The summed E-state index contributed by atoms with van der Waals surface area (Å²) in [6.07, 6.45) is 6.61. The lowest BCUT2D eigenvalue weighted by Gasteiger charge is -2.23. The van der Waals surface area contributed by atoms with Crippen molar-refractivity contribution < 1.29 is 0 Å². The fourth-order valence-electron chi connectivity index (χ4n) is 2.30. The Morgan fingerprint density at radius 2 is 2.47 bits per heavy atom. The molecule has 0 amide bonds. The maximum absolute atomic E-state index is 4.52. The molecule has 1 aliphatic heterocycles. The van der Waals surface area contributed by atoms with E-state index in [1.54, 1.807) is 0 Å². The molecule has 84 valence electrons. The van der Waals surface area contributed by atoms with Gasteiger partial charge < -0.3 is 9.88 Å². The van der Waals surface area contributed by atoms with Gasteiger partial charge in [0.15, 0.2) is 0 Å². The van der Waals surface area contributed by atoms with Gasteiger partial charge in [-0.3, -0.25) is 0 Å². The van der Waals surface area contributed by atoms with Gasteiger partial charge in [-0.25, -0.2) is 4.98 Å². The van der Waals surface area contributed by atoms with E-state index in [1.807, 2.05) is 6.20 Å². The molecular weight excluding hydrogens is 186 g/mol. The first-order valence-corrected chi connectivity index (χ1v) is 5.99. The molecule has 3 heteroatoms. The maximum atomic E-state index is 4.52. The SMILES string of the molecule is CC(C)Cn1ccnc1C1CCCNC1. The minimum Gasteiger partial charge on any atom is -0.334 e. The van der Waals surface area contributed by atoms with Crippen molar-refractivity contribution in [2.45, 2.75) is 39.2 Å². The molecule has 15 heavy (non-hydrogen) atoms. The second-order valence-corrected chi connectivity index (χ2v) is 4.87. The lowest BCUT2D eigenvalue weighted by Crippen LogP contribution is -2.30. The van der Waals surface area contributed by atoms with Gasteiger partial charge in [-0.05, 0) is 25.3 Å². The molecule has 1 aromatic rings. The number of hydrogen-bond acceptors (Lipinski definition) is 2. The highest BCUT2D eigenvalue weighted by atomic mass is 15.1. The molecule has 2 heterocycles. The molecule has 0 saturated carbocycles. The standard InChI is InChI=1S/C12H21N3/c1-10(2)9-15-7-6-14-12(15)11-4-3-5-13-8-11/h6-7,10-11,13H,3-5,8-9H2,1-2H3. The average molecular weight is 207 g/mol. The summed E-state index contributed by atoms with van der Waals surface area (Å²) in [4.78, 5) is 4.52. The molecule has 0 bridgehead atoms. The Labute approximate surface area is 91.9 Å². The average Bonchev–Trinajstić information content (AvgIpc) is 2.66. The minimum atomic E-state index is 0.618. The smallest absolute Gasteiger partial charge is 0.113 e. The monoisotopic (exact) mass is 207 g/mol. The summed E-state index contributed by atoms with van der Waals surface area (Å²) in [6.45, 7) is 7.86. The first-order chi connectivity index (χ1) is 7.27. The maximum Gasteiger partial charge on any atom is 0.113 e. The molecule has 1 saturated heterocycles. The van der Waals surface area contributed by atoms with E-state index in [0.29, 0.717) is 11.8 Å². The molecule has 1 aromatic heterocycles. The van der Waals surface area contributed by atoms with Gasteiger partial charge in [-0.2, -0.15) is 0 Å². The molecule has 1 unspecified atom stereocenters. The first-order valence-electron chi connectivity index (χ1n) is 5.99. The topological polar surface area (TPSA) is 29.9 Å². The fourth-order valence-corrected chi connectivity index (χ4v) is 2.30. The molecule has 1 fully saturated rings. The summed E-state index contributed by atoms with van der Waals surface area (Å²) < 4.78 is 2.32. The summed E-state index contributed by atoms with van der Waals surface area (Å²) >= 11 is 0. The second-order valence-electron chi connectivity index (χ2n) is 4.87. The highest BCUT2D eigenvalue weighted by Crippen LogP contribution is 2.22. The molecule has 0 aromatic carbocycles. The van der Waals surface area contributed by atoms with Gasteiger partial charge in [0.25, 0.3) is 0 Å². The summed E-state index contributed by atoms with van der Waals surface area (Å²) in [7, 11) is 0. The van der Waals surface area contributed by atoms with Crippen LogP contribution in [0.15, 0.2) is 12.4 Å². The molecular formula is C12H21N3. The summed E-state index contributed by atoms with van der Waals surface area (Å²) in [5.74, 6) is 2.58. The normalized spacial score (nSPS) is 22.2. The number of imidazole rings is 1. The predicted octanol–water partition coefficient (Wildman–Crippen LogP) is 2.01. The van der Waals surface area contributed by atoms with E-state index in [-0.39, 0.29) is 0 Å². The fraction of sp³-hybridized carbons (Fsp3) is 0.750. The second kappa shape index (κ2) is 4.79. The van der Waals surface area contributed by atoms with Crippen LogP contribution >= 0.6 is 0 Å². The zero-order valence-electron chi connectivity index (χ0n) is 9.74. The molecule has 3 nitrogen and oxygen atoms in total. The van der Waals surface area contributed by atoms with Crippen LogP contribution < -0.4 is 5.32 Å². The van der Waals surface area contributed by atoms with E-state index in [4.69, 9.17) is 0 Å². The Kier molecular flexibility index (Phi) is 3.41. The molecule has 0 radical (unpaired) electrons. The van der Waals surface area contributed by atoms with Gasteiger partial charge in [0.2, 0.25) is 0 Å². The molecule has 1 atom stereocenters. The Balaban J connectivity index is 2.09. The van der Waals surface area contributed by atoms with E-state index in [2.05, 4.69) is 34.9 Å². The van der Waals surface area contributed by atoms with Crippen LogP contribution in [0.25, 0.3) is 0 Å². The van der Waals surface area contributed by atoms with Gasteiger partial charge in [0.1, 0.15) is 5.82 Å². The Morgan fingerprint density at radius 3 is 3.13 bits per heavy atom. The van der Waals surface area contributed by atoms with E-state index in [1.165, 1.54) is 25.2 Å². The number of nitrogens with zero attached hydrogens (tertiary/aromatic N) is 2. The molecule has 0 aliphatic carbocycles. The highest BCUT2D eigenvalue weighted by Gasteiger charge is 2.19. The van der Waals surface area contributed by atoms with E-state index in [9.17, 15) is 0 Å². The van der Waals surface area contributed by atoms with E-state index < -0.39 is 0 Å². The summed E-state index contributed by atoms with van der Waals surface area (Å²) in [6, 6.07) is 0.